The highest BCUT2D eigenvalue weighted by molar-refractivity contribution is 7.80. The summed E-state index contributed by atoms with van der Waals surface area (Å²) in [5, 5.41) is 0. The molecule has 0 amide bonds. The molecule has 2 nitrogen and oxygen atoms in total. The Morgan fingerprint density at radius 1 is 1.00 bits per heavy atom. The summed E-state index contributed by atoms with van der Waals surface area (Å²) in [6.45, 7) is 0.0973. The van der Waals surface area contributed by atoms with Crippen molar-refractivity contribution in [2.24, 2.45) is 5.73 Å². The van der Waals surface area contributed by atoms with Gasteiger partial charge in [-0.05, 0) is 12.1 Å². The molecule has 2 aromatic carbocycles. The number of halogens is 2. The molecule has 2 aromatic rings. The Kier molecular flexibility index (Phi) is 4.76. The van der Waals surface area contributed by atoms with E-state index in [9.17, 15) is 8.78 Å². The molecule has 0 aliphatic rings. The van der Waals surface area contributed by atoms with Crippen LogP contribution in [0.3, 0.4) is 0 Å². The Balaban J connectivity index is 2.03. The summed E-state index contributed by atoms with van der Waals surface area (Å²) in [5.74, 6) is -0.835. The lowest BCUT2D eigenvalue weighted by molar-refractivity contribution is 0.102. The number of rotatable bonds is 5. The molecule has 2 rings (SSSR count). The van der Waals surface area contributed by atoms with E-state index in [0.717, 1.165) is 0 Å². The normalized spacial score (nSPS) is 10.5. The lowest BCUT2D eigenvalue weighted by Crippen LogP contribution is -2.13. The fourth-order valence-electron chi connectivity index (χ4n) is 1.77. The van der Waals surface area contributed by atoms with Gasteiger partial charge in [0.2, 0.25) is 0 Å². The minimum Gasteiger partial charge on any atom is -0.389 e. The zero-order valence-electron chi connectivity index (χ0n) is 10.6. The van der Waals surface area contributed by atoms with Crippen LogP contribution in [0.15, 0.2) is 42.5 Å². The Bertz CT molecular complexity index is 631. The van der Waals surface area contributed by atoms with Crippen molar-refractivity contribution in [1.29, 1.82) is 0 Å². The van der Waals surface area contributed by atoms with Gasteiger partial charge >= 0.3 is 0 Å². The zero-order chi connectivity index (χ0) is 14.5. The maximum Gasteiger partial charge on any atom is 0.138 e. The van der Waals surface area contributed by atoms with Gasteiger partial charge in [0.15, 0.2) is 0 Å². The van der Waals surface area contributed by atoms with Gasteiger partial charge in [-0.3, -0.25) is 0 Å². The third-order valence-corrected chi connectivity index (χ3v) is 3.04. The van der Waals surface area contributed by atoms with Crippen LogP contribution in [0.25, 0.3) is 0 Å². The van der Waals surface area contributed by atoms with Crippen molar-refractivity contribution in [2.45, 2.75) is 13.2 Å². The van der Waals surface area contributed by atoms with Crippen LogP contribution < -0.4 is 5.73 Å². The van der Waals surface area contributed by atoms with E-state index < -0.39 is 5.82 Å². The van der Waals surface area contributed by atoms with Crippen LogP contribution >= 0.6 is 12.2 Å². The number of nitrogens with two attached hydrogens (primary N) is 1. The summed E-state index contributed by atoms with van der Waals surface area (Å²) in [6.07, 6.45) is 0. The maximum atomic E-state index is 14.0. The van der Waals surface area contributed by atoms with Crippen LogP contribution in [0.4, 0.5) is 8.78 Å². The fourth-order valence-corrected chi connectivity index (χ4v) is 1.93. The van der Waals surface area contributed by atoms with Crippen LogP contribution in [-0.4, -0.2) is 4.99 Å². The van der Waals surface area contributed by atoms with E-state index in [4.69, 9.17) is 22.7 Å². The molecule has 0 spiro atoms. The van der Waals surface area contributed by atoms with Crippen molar-refractivity contribution in [1.82, 2.24) is 0 Å². The Labute approximate surface area is 121 Å². The first-order chi connectivity index (χ1) is 9.59. The molecule has 0 unspecified atom stereocenters. The van der Waals surface area contributed by atoms with Gasteiger partial charge in [0.05, 0.1) is 13.2 Å². The van der Waals surface area contributed by atoms with Crippen molar-refractivity contribution >= 4 is 17.2 Å². The molecule has 20 heavy (non-hydrogen) atoms. The van der Waals surface area contributed by atoms with Gasteiger partial charge in [-0.15, -0.1) is 0 Å². The second kappa shape index (κ2) is 6.54. The first-order valence-corrected chi connectivity index (χ1v) is 6.38. The topological polar surface area (TPSA) is 35.2 Å². The lowest BCUT2D eigenvalue weighted by atomic mass is 10.1. The molecule has 5 heteroatoms. The van der Waals surface area contributed by atoms with Crippen LogP contribution in [0.2, 0.25) is 0 Å². The molecule has 0 aromatic heterocycles. The molecule has 0 fully saturated rings. The van der Waals surface area contributed by atoms with Gasteiger partial charge in [-0.25, -0.2) is 8.78 Å². The SMILES string of the molecule is NC(=S)c1cccc(COCc2ccccc2F)c1F. The van der Waals surface area contributed by atoms with E-state index in [0.29, 0.717) is 11.1 Å². The van der Waals surface area contributed by atoms with Crippen molar-refractivity contribution in [3.8, 4) is 0 Å². The maximum absolute atomic E-state index is 14.0. The summed E-state index contributed by atoms with van der Waals surface area (Å²) in [6, 6.07) is 11.0. The van der Waals surface area contributed by atoms with Crippen molar-refractivity contribution in [3.63, 3.8) is 0 Å². The quantitative estimate of drug-likeness (QED) is 0.859. The van der Waals surface area contributed by atoms with Gasteiger partial charge < -0.3 is 10.5 Å². The highest BCUT2D eigenvalue weighted by Gasteiger charge is 2.10. The molecule has 0 saturated heterocycles. The molecule has 0 aliphatic heterocycles. The molecule has 0 atom stereocenters. The standard InChI is InChI=1S/C15H13F2NOS/c16-13-7-2-1-4-10(13)8-19-9-11-5-3-6-12(14(11)17)15(18)20/h1-7H,8-9H2,(H2,18,20). The van der Waals surface area contributed by atoms with Crippen molar-refractivity contribution < 1.29 is 13.5 Å². The van der Waals surface area contributed by atoms with Crippen molar-refractivity contribution in [3.05, 3.63) is 70.8 Å². The van der Waals surface area contributed by atoms with Crippen LogP contribution in [0.5, 0.6) is 0 Å². The summed E-state index contributed by atoms with van der Waals surface area (Å²) >= 11 is 4.76. The predicted octanol–water partition coefficient (Wildman–Crippen LogP) is 3.32. The average molecular weight is 293 g/mol. The Hall–Kier alpha value is -1.85. The van der Waals surface area contributed by atoms with E-state index in [1.165, 1.54) is 12.1 Å². The monoisotopic (exact) mass is 293 g/mol. The number of thiocarbonyl (C=S) groups is 1. The Morgan fingerprint density at radius 3 is 2.35 bits per heavy atom. The first kappa shape index (κ1) is 14.6. The number of hydrogen-bond acceptors (Lipinski definition) is 2. The van der Waals surface area contributed by atoms with Crippen molar-refractivity contribution in [2.75, 3.05) is 0 Å². The smallest absolute Gasteiger partial charge is 0.138 e. The molecule has 0 aliphatic carbocycles. The molecule has 0 heterocycles. The number of hydrogen-bond donors (Lipinski definition) is 1. The zero-order valence-corrected chi connectivity index (χ0v) is 11.4. The highest BCUT2D eigenvalue weighted by atomic mass is 32.1. The lowest BCUT2D eigenvalue weighted by Gasteiger charge is -2.09. The van der Waals surface area contributed by atoms with Crippen LogP contribution in [0.1, 0.15) is 16.7 Å². The van der Waals surface area contributed by atoms with E-state index in [1.54, 1.807) is 30.3 Å². The van der Waals surface area contributed by atoms with E-state index in [1.807, 2.05) is 0 Å². The number of ether oxygens (including phenoxy) is 1. The summed E-state index contributed by atoms with van der Waals surface area (Å²) in [7, 11) is 0. The minimum atomic E-state index is -0.492. The largest absolute Gasteiger partial charge is 0.389 e. The third-order valence-electron chi connectivity index (χ3n) is 2.82. The summed E-state index contributed by atoms with van der Waals surface area (Å²) < 4.78 is 32.7. The molecular weight excluding hydrogens is 280 g/mol. The molecule has 0 bridgehead atoms. The van der Waals surface area contributed by atoms with Gasteiger partial charge in [-0.2, -0.15) is 0 Å². The Morgan fingerprint density at radius 2 is 1.65 bits per heavy atom. The summed E-state index contributed by atoms with van der Waals surface area (Å²) in [5.41, 5.74) is 6.38. The first-order valence-electron chi connectivity index (χ1n) is 5.98. The molecule has 0 saturated carbocycles. The van der Waals surface area contributed by atoms with Gasteiger partial charge in [-0.1, -0.05) is 42.5 Å². The second-order valence-corrected chi connectivity index (χ2v) is 4.67. The second-order valence-electron chi connectivity index (χ2n) is 4.23. The number of benzene rings is 2. The highest BCUT2D eigenvalue weighted by Crippen LogP contribution is 2.15. The molecule has 0 radical (unpaired) electrons. The third kappa shape index (κ3) is 3.37. The average Bonchev–Trinajstić information content (AvgIpc) is 2.42. The molecule has 104 valence electrons. The van der Waals surface area contributed by atoms with Gasteiger partial charge in [0.1, 0.15) is 16.6 Å². The molecule has 2 N–H and O–H groups in total. The van der Waals surface area contributed by atoms with Gasteiger partial charge in [0, 0.05) is 16.7 Å². The molecular formula is C15H13F2NOS. The van der Waals surface area contributed by atoms with E-state index in [-0.39, 0.29) is 29.6 Å². The van der Waals surface area contributed by atoms with Gasteiger partial charge in [0.25, 0.3) is 0 Å². The van der Waals surface area contributed by atoms with E-state index >= 15 is 0 Å². The predicted molar refractivity (Wildman–Crippen MR) is 77.2 cm³/mol. The minimum absolute atomic E-state index is 0.00143. The summed E-state index contributed by atoms with van der Waals surface area (Å²) in [4.78, 5) is -0.00143. The van der Waals surface area contributed by atoms with E-state index in [2.05, 4.69) is 0 Å². The van der Waals surface area contributed by atoms with Crippen LogP contribution in [-0.2, 0) is 18.0 Å². The fraction of sp³-hybridized carbons (Fsp3) is 0.133. The van der Waals surface area contributed by atoms with Crippen LogP contribution in [0, 0.1) is 11.6 Å².